The molecule has 2 heterocycles. The van der Waals surface area contributed by atoms with E-state index in [9.17, 15) is 42.3 Å². The molecule has 8 N–H and O–H groups in total. The molecule has 0 radical (unpaired) electrons. The second-order valence-electron chi connectivity index (χ2n) is 17.1. The number of aliphatic carboxylic acids is 1. The Kier molecular flexibility index (Phi) is 17.9. The topological polar surface area (TPSA) is 238 Å². The van der Waals surface area contributed by atoms with Crippen LogP contribution in [0.2, 0.25) is 0 Å². The van der Waals surface area contributed by atoms with E-state index in [4.69, 9.17) is 15.6 Å². The van der Waals surface area contributed by atoms with Gasteiger partial charge in [-0.15, -0.1) is 0 Å². The van der Waals surface area contributed by atoms with Crippen LogP contribution in [0.25, 0.3) is 11.1 Å². The first kappa shape index (κ1) is 51.1. The van der Waals surface area contributed by atoms with Gasteiger partial charge in [-0.05, 0) is 59.1 Å². The number of hydrogen-bond donors (Lipinski definition) is 7. The number of alkyl halides is 2. The number of carboxylic acids is 1. The number of rotatable bonds is 13. The average molecular weight is 950 g/mol. The first-order chi connectivity index (χ1) is 33.2. The molecule has 18 heteroatoms. The van der Waals surface area contributed by atoms with E-state index in [1.54, 1.807) is 48.5 Å². The lowest BCUT2D eigenvalue weighted by atomic mass is 9.74. The van der Waals surface area contributed by atoms with Crippen molar-refractivity contribution in [2.75, 3.05) is 45.9 Å². The first-order valence-corrected chi connectivity index (χ1v) is 22.8. The molecule has 364 valence electrons. The van der Waals surface area contributed by atoms with Crippen molar-refractivity contribution >= 4 is 41.4 Å². The summed E-state index contributed by atoms with van der Waals surface area (Å²) < 4.78 is 33.6. The molecule has 16 nitrogen and oxygen atoms in total. The van der Waals surface area contributed by atoms with Crippen LogP contribution in [-0.2, 0) is 70.0 Å². The third kappa shape index (κ3) is 14.1. The van der Waals surface area contributed by atoms with Crippen LogP contribution in [0.3, 0.4) is 0 Å². The molecule has 6 amide bonds. The minimum atomic E-state index is -4.06. The third-order valence-corrected chi connectivity index (χ3v) is 12.1. The summed E-state index contributed by atoms with van der Waals surface area (Å²) in [5.41, 5.74) is 7.42. The largest absolute Gasteiger partial charge is 0.477 e. The highest BCUT2D eigenvalue weighted by Crippen LogP contribution is 2.35. The zero-order chi connectivity index (χ0) is 49.4. The van der Waals surface area contributed by atoms with E-state index >= 15 is 0 Å². The van der Waals surface area contributed by atoms with Crippen LogP contribution in [0.4, 0.5) is 8.78 Å². The number of amides is 6. The molecule has 0 aliphatic carbocycles. The van der Waals surface area contributed by atoms with Gasteiger partial charge < -0.3 is 47.1 Å². The summed E-state index contributed by atoms with van der Waals surface area (Å²) in [4.78, 5) is 95.6. The van der Waals surface area contributed by atoms with Gasteiger partial charge in [-0.1, -0.05) is 103 Å². The molecule has 69 heavy (non-hydrogen) atoms. The van der Waals surface area contributed by atoms with Crippen molar-refractivity contribution < 1.29 is 52.2 Å². The molecule has 1 fully saturated rings. The van der Waals surface area contributed by atoms with Crippen molar-refractivity contribution in [3.63, 3.8) is 0 Å². The molecule has 2 aliphatic heterocycles. The average Bonchev–Trinajstić information content (AvgIpc) is 3.34. The fraction of sp³-hybridized carbons (Fsp3) is 0.353. The van der Waals surface area contributed by atoms with E-state index in [-0.39, 0.29) is 58.5 Å². The molecule has 0 saturated carbocycles. The number of fused-ring (bicyclic) bond motifs is 3. The predicted molar refractivity (Wildman–Crippen MR) is 251 cm³/mol. The molecule has 0 unspecified atom stereocenters. The second-order valence-corrected chi connectivity index (χ2v) is 17.1. The lowest BCUT2D eigenvalue weighted by Gasteiger charge is -2.42. The number of carbonyl (C=O) groups excluding carboxylic acids is 6. The van der Waals surface area contributed by atoms with Gasteiger partial charge in [0.1, 0.15) is 12.1 Å². The maximum absolute atomic E-state index is 14.9. The Labute approximate surface area is 398 Å². The Morgan fingerprint density at radius 1 is 0.826 bits per heavy atom. The van der Waals surface area contributed by atoms with Gasteiger partial charge in [0.15, 0.2) is 0 Å². The summed E-state index contributed by atoms with van der Waals surface area (Å²) in [6.07, 6.45) is 3.14. The maximum atomic E-state index is 14.9. The molecule has 0 aromatic heterocycles. The second kappa shape index (κ2) is 24.1. The van der Waals surface area contributed by atoms with E-state index < -0.39 is 70.4 Å². The first-order valence-electron chi connectivity index (χ1n) is 22.8. The van der Waals surface area contributed by atoms with Gasteiger partial charge in [-0.2, -0.15) is 8.78 Å². The standard InChI is InChI=1S/C51H57F2N7O9/c52-51(53,49(67)68)40-17-15-37(16-18-40)36-13-11-34(12-14-36)29-42-47(65)57-32-39-10-5-4-9-38(39)30-44(62)58-41(46(64)56-25-28-69-27-23-54)21-24-55-43(61)19-20-45(63)60-26-6-22-50(33-60,48(66)59-42)31-35-7-2-1-3-8-35/h1-5,7-20,41-42H,6,21-33,54H2,(H,55,61)(H,56,64)(H,57,65)(H,58,62)(H,59,66)(H,67,68)/b20-19+/t41-,42-,50-/m0/s1. The van der Waals surface area contributed by atoms with Crippen LogP contribution in [0.5, 0.6) is 0 Å². The molecule has 1 saturated heterocycles. The van der Waals surface area contributed by atoms with Crippen molar-refractivity contribution in [1.29, 1.82) is 0 Å². The SMILES string of the molecule is NCCOCCNC(=O)[C@@H]1CCNC(=O)/C=C/C(=O)N2CCC[C@](Cc3ccccc3)(C2)C(=O)N[C@@H](Cc2ccc(-c3ccc(C(F)(F)C(=O)O)cc3)cc2)C(=O)NCc2ccccc2CC(=O)N1. The number of ether oxygens (including phenoxy) is 1. The molecule has 0 spiro atoms. The zero-order valence-electron chi connectivity index (χ0n) is 38.0. The fourth-order valence-electron chi connectivity index (χ4n) is 8.40. The monoisotopic (exact) mass is 949 g/mol. The number of carboxylic acid groups (broad SMARTS) is 1. The molecular weight excluding hydrogens is 893 g/mol. The molecule has 3 atom stereocenters. The van der Waals surface area contributed by atoms with E-state index in [1.165, 1.54) is 17.0 Å². The molecule has 4 aromatic rings. The number of piperidine rings is 1. The summed E-state index contributed by atoms with van der Waals surface area (Å²) in [5, 5.41) is 23.1. The van der Waals surface area contributed by atoms with Gasteiger partial charge in [0.05, 0.1) is 25.0 Å². The summed E-state index contributed by atoms with van der Waals surface area (Å²) >= 11 is 0. The summed E-state index contributed by atoms with van der Waals surface area (Å²) in [6.45, 7) is 1.20. The number of halogens is 2. The van der Waals surface area contributed by atoms with Crippen LogP contribution in [0.1, 0.15) is 47.1 Å². The summed E-state index contributed by atoms with van der Waals surface area (Å²) in [5.74, 6) is -9.42. The van der Waals surface area contributed by atoms with Crippen LogP contribution in [0, 0.1) is 5.41 Å². The number of carbonyl (C=O) groups is 7. The smallest absolute Gasteiger partial charge is 0.379 e. The lowest BCUT2D eigenvalue weighted by Crippen LogP contribution is -2.58. The van der Waals surface area contributed by atoms with Crippen molar-refractivity contribution in [2.45, 2.75) is 63.1 Å². The van der Waals surface area contributed by atoms with Crippen LogP contribution >= 0.6 is 0 Å². The Morgan fingerprint density at radius 2 is 1.51 bits per heavy atom. The molecule has 4 aromatic carbocycles. The minimum Gasteiger partial charge on any atom is -0.477 e. The quantitative estimate of drug-likeness (QED) is 0.0968. The fourth-order valence-corrected chi connectivity index (χ4v) is 8.40. The number of benzene rings is 4. The molecule has 2 bridgehead atoms. The number of nitrogens with one attached hydrogen (secondary N) is 5. The van der Waals surface area contributed by atoms with Crippen LogP contribution in [-0.4, -0.2) is 109 Å². The maximum Gasteiger partial charge on any atom is 0.379 e. The van der Waals surface area contributed by atoms with E-state index in [0.29, 0.717) is 60.4 Å². The third-order valence-electron chi connectivity index (χ3n) is 12.1. The normalized spacial score (nSPS) is 20.4. The van der Waals surface area contributed by atoms with Crippen LogP contribution in [0.15, 0.2) is 115 Å². The van der Waals surface area contributed by atoms with Gasteiger partial charge >= 0.3 is 11.9 Å². The Bertz CT molecular complexity index is 2490. The summed E-state index contributed by atoms with van der Waals surface area (Å²) in [7, 11) is 0. The van der Waals surface area contributed by atoms with Crippen molar-refractivity contribution in [3.05, 3.63) is 143 Å². The van der Waals surface area contributed by atoms with Gasteiger partial charge in [-0.25, -0.2) is 4.79 Å². The number of nitrogens with two attached hydrogens (primary N) is 1. The minimum absolute atomic E-state index is 0.0101. The highest BCUT2D eigenvalue weighted by Gasteiger charge is 2.45. The number of hydrogen-bond acceptors (Lipinski definition) is 9. The highest BCUT2D eigenvalue weighted by molar-refractivity contribution is 5.97. The van der Waals surface area contributed by atoms with Crippen molar-refractivity contribution in [1.82, 2.24) is 31.5 Å². The van der Waals surface area contributed by atoms with E-state index in [2.05, 4.69) is 26.6 Å². The highest BCUT2D eigenvalue weighted by atomic mass is 19.3. The van der Waals surface area contributed by atoms with Gasteiger partial charge in [0, 0.05) is 63.4 Å². The predicted octanol–water partition coefficient (Wildman–Crippen LogP) is 2.92. The Hall–Kier alpha value is -7.31. The van der Waals surface area contributed by atoms with Gasteiger partial charge in [0.2, 0.25) is 35.4 Å². The van der Waals surface area contributed by atoms with E-state index in [1.807, 2.05) is 30.3 Å². The van der Waals surface area contributed by atoms with Gasteiger partial charge in [-0.3, -0.25) is 28.8 Å². The number of nitrogens with zero attached hydrogens (tertiary/aromatic N) is 1. The van der Waals surface area contributed by atoms with Gasteiger partial charge in [0.25, 0.3) is 0 Å². The van der Waals surface area contributed by atoms with Crippen molar-refractivity contribution in [2.24, 2.45) is 11.1 Å². The van der Waals surface area contributed by atoms with Crippen LogP contribution < -0.4 is 32.3 Å². The van der Waals surface area contributed by atoms with E-state index in [0.717, 1.165) is 29.8 Å². The zero-order valence-corrected chi connectivity index (χ0v) is 38.0. The molecular formula is C51H57F2N7O9. The van der Waals surface area contributed by atoms with Crippen molar-refractivity contribution in [3.8, 4) is 11.1 Å². The Balaban J connectivity index is 1.30. The molecule has 6 rings (SSSR count). The summed E-state index contributed by atoms with van der Waals surface area (Å²) in [6, 6.07) is 25.9. The Morgan fingerprint density at radius 3 is 2.20 bits per heavy atom. The lowest BCUT2D eigenvalue weighted by molar-refractivity contribution is -0.166. The molecule has 2 aliphatic rings.